The van der Waals surface area contributed by atoms with Gasteiger partial charge in [0.25, 0.3) is 5.91 Å². The predicted octanol–water partition coefficient (Wildman–Crippen LogP) is 5.09. The molecule has 0 unspecified atom stereocenters. The van der Waals surface area contributed by atoms with E-state index in [2.05, 4.69) is 26.8 Å². The average molecular weight is 471 g/mol. The van der Waals surface area contributed by atoms with Crippen LogP contribution in [0.5, 0.6) is 11.5 Å². The highest BCUT2D eigenvalue weighted by Gasteiger charge is 2.32. The lowest BCUT2D eigenvalue weighted by atomic mass is 10.2. The first-order chi connectivity index (χ1) is 14.0. The minimum absolute atomic E-state index is 0.0615. The van der Waals surface area contributed by atoms with Gasteiger partial charge in [0.1, 0.15) is 18.1 Å². The molecule has 0 aromatic heterocycles. The third kappa shape index (κ3) is 5.03. The number of thioether (sulfide) groups is 1. The summed E-state index contributed by atoms with van der Waals surface area (Å²) in [6, 6.07) is 13.0. The molecule has 2 aromatic carbocycles. The van der Waals surface area contributed by atoms with Crippen molar-refractivity contribution in [3.05, 3.63) is 57.4 Å². The number of methoxy groups -OCH3 is 1. The molecule has 0 aliphatic carbocycles. The summed E-state index contributed by atoms with van der Waals surface area (Å²) in [5, 5.41) is 0.655. The summed E-state index contributed by atoms with van der Waals surface area (Å²) >= 11 is 4.83. The Morgan fingerprint density at radius 2 is 2.03 bits per heavy atom. The quantitative estimate of drug-likeness (QED) is 0.435. The second-order valence-corrected chi connectivity index (χ2v) is 7.80. The van der Waals surface area contributed by atoms with E-state index in [9.17, 15) is 4.79 Å². The first-order valence-electron chi connectivity index (χ1n) is 8.85. The molecule has 1 amide bonds. The van der Waals surface area contributed by atoms with Crippen LogP contribution in [0.2, 0.25) is 0 Å². The molecule has 1 saturated heterocycles. The number of terminal acetylenes is 1. The summed E-state index contributed by atoms with van der Waals surface area (Å²) in [7, 11) is 1.62. The van der Waals surface area contributed by atoms with Crippen LogP contribution in [0.25, 0.3) is 6.08 Å². The molecule has 29 heavy (non-hydrogen) atoms. The van der Waals surface area contributed by atoms with Gasteiger partial charge in [-0.1, -0.05) is 12.0 Å². The zero-order valence-electron chi connectivity index (χ0n) is 16.0. The standard InChI is InChI=1S/C22H19BrN2O3S/c1-4-12-28-19-11-6-15(13-18(19)23)14-20-21(26)25(5-2)22(29-20)24-16-7-9-17(27-3)10-8-16/h1,6-11,13-14H,5,12H2,2-3H3/b20-14+,24-22?. The summed E-state index contributed by atoms with van der Waals surface area (Å²) in [6.45, 7) is 2.67. The van der Waals surface area contributed by atoms with Crippen LogP contribution in [-0.2, 0) is 4.79 Å². The van der Waals surface area contributed by atoms with Crippen molar-refractivity contribution in [1.82, 2.24) is 4.90 Å². The molecule has 0 N–H and O–H groups in total. The Bertz CT molecular complexity index is 1010. The summed E-state index contributed by atoms with van der Waals surface area (Å²) in [6.07, 6.45) is 7.08. The third-order valence-corrected chi connectivity index (χ3v) is 5.69. The van der Waals surface area contributed by atoms with Crippen LogP contribution in [0.15, 0.2) is 56.8 Å². The van der Waals surface area contributed by atoms with Crippen molar-refractivity contribution in [3.63, 3.8) is 0 Å². The molecule has 3 rings (SSSR count). The van der Waals surface area contributed by atoms with Crippen LogP contribution in [0.4, 0.5) is 5.69 Å². The molecule has 0 radical (unpaired) electrons. The van der Waals surface area contributed by atoms with Gasteiger partial charge in [0.05, 0.1) is 22.2 Å². The van der Waals surface area contributed by atoms with Crippen molar-refractivity contribution in [3.8, 4) is 23.8 Å². The number of ether oxygens (including phenoxy) is 2. The number of amidine groups is 1. The Morgan fingerprint density at radius 3 is 2.66 bits per heavy atom. The van der Waals surface area contributed by atoms with Crippen molar-refractivity contribution >= 4 is 50.5 Å². The number of hydrogen-bond acceptors (Lipinski definition) is 5. The van der Waals surface area contributed by atoms with Gasteiger partial charge in [-0.2, -0.15) is 0 Å². The van der Waals surface area contributed by atoms with Crippen LogP contribution < -0.4 is 9.47 Å². The molecule has 1 aliphatic heterocycles. The lowest BCUT2D eigenvalue weighted by Gasteiger charge is -2.12. The molecule has 0 bridgehead atoms. The first kappa shape index (κ1) is 21.0. The summed E-state index contributed by atoms with van der Waals surface area (Å²) in [4.78, 5) is 19.7. The molecule has 0 saturated carbocycles. The molecule has 2 aromatic rings. The van der Waals surface area contributed by atoms with E-state index in [1.807, 2.05) is 55.5 Å². The maximum atomic E-state index is 12.8. The smallest absolute Gasteiger partial charge is 0.266 e. The van der Waals surface area contributed by atoms with Gasteiger partial charge >= 0.3 is 0 Å². The highest BCUT2D eigenvalue weighted by atomic mass is 79.9. The van der Waals surface area contributed by atoms with E-state index >= 15 is 0 Å². The van der Waals surface area contributed by atoms with E-state index in [1.54, 1.807) is 12.0 Å². The molecule has 1 heterocycles. The van der Waals surface area contributed by atoms with Crippen molar-refractivity contribution in [2.45, 2.75) is 6.92 Å². The molecule has 5 nitrogen and oxygen atoms in total. The number of nitrogens with zero attached hydrogens (tertiary/aromatic N) is 2. The van der Waals surface area contributed by atoms with Crippen molar-refractivity contribution in [1.29, 1.82) is 0 Å². The Morgan fingerprint density at radius 1 is 1.28 bits per heavy atom. The summed E-state index contributed by atoms with van der Waals surface area (Å²) in [5.41, 5.74) is 1.64. The van der Waals surface area contributed by atoms with Gasteiger partial charge in [0, 0.05) is 6.54 Å². The largest absolute Gasteiger partial charge is 0.497 e. The molecule has 0 spiro atoms. The third-order valence-electron chi connectivity index (χ3n) is 4.07. The Balaban J connectivity index is 1.85. The molecule has 1 aliphatic rings. The number of carbonyl (C=O) groups excluding carboxylic acids is 1. The number of halogens is 1. The fraction of sp³-hybridized carbons (Fsp3) is 0.182. The van der Waals surface area contributed by atoms with Crippen LogP contribution in [-0.4, -0.2) is 36.2 Å². The zero-order chi connectivity index (χ0) is 20.8. The highest BCUT2D eigenvalue weighted by Crippen LogP contribution is 2.35. The van der Waals surface area contributed by atoms with Gasteiger partial charge in [-0.15, -0.1) is 6.42 Å². The fourth-order valence-corrected chi connectivity index (χ4v) is 4.21. The van der Waals surface area contributed by atoms with Crippen LogP contribution in [0, 0.1) is 12.3 Å². The van der Waals surface area contributed by atoms with Crippen molar-refractivity contribution in [2.24, 2.45) is 4.99 Å². The summed E-state index contributed by atoms with van der Waals surface area (Å²) < 4.78 is 11.4. The average Bonchev–Trinajstić information content (AvgIpc) is 3.02. The lowest BCUT2D eigenvalue weighted by molar-refractivity contribution is -0.122. The van der Waals surface area contributed by atoms with E-state index in [1.165, 1.54) is 11.8 Å². The highest BCUT2D eigenvalue weighted by molar-refractivity contribution is 9.10. The minimum Gasteiger partial charge on any atom is -0.497 e. The van der Waals surface area contributed by atoms with Gasteiger partial charge in [-0.25, -0.2) is 4.99 Å². The lowest BCUT2D eigenvalue weighted by Crippen LogP contribution is -2.28. The Labute approximate surface area is 182 Å². The SMILES string of the molecule is C#CCOc1ccc(/C=C2/SC(=Nc3ccc(OC)cc3)N(CC)C2=O)cc1Br. The van der Waals surface area contributed by atoms with Gasteiger partial charge in [0.2, 0.25) is 0 Å². The fourth-order valence-electron chi connectivity index (χ4n) is 2.63. The Kier molecular flexibility index (Phi) is 7.02. The van der Waals surface area contributed by atoms with E-state index in [0.717, 1.165) is 21.5 Å². The van der Waals surface area contributed by atoms with Crippen LogP contribution in [0.3, 0.4) is 0 Å². The van der Waals surface area contributed by atoms with E-state index < -0.39 is 0 Å². The number of hydrogen-bond donors (Lipinski definition) is 0. The normalized spacial score (nSPS) is 16.3. The number of benzene rings is 2. The van der Waals surface area contributed by atoms with E-state index in [0.29, 0.717) is 22.4 Å². The second-order valence-electron chi connectivity index (χ2n) is 5.94. The van der Waals surface area contributed by atoms with Gasteiger partial charge in [0.15, 0.2) is 5.17 Å². The Hall–Kier alpha value is -2.69. The first-order valence-corrected chi connectivity index (χ1v) is 10.5. The monoisotopic (exact) mass is 470 g/mol. The maximum absolute atomic E-state index is 12.8. The number of rotatable bonds is 6. The molecule has 7 heteroatoms. The second kappa shape index (κ2) is 9.68. The number of aliphatic imine (C=N–C) groups is 1. The van der Waals surface area contributed by atoms with Gasteiger partial charge in [-0.05, 0) is 82.7 Å². The van der Waals surface area contributed by atoms with Crippen molar-refractivity contribution in [2.75, 3.05) is 20.3 Å². The van der Waals surface area contributed by atoms with Gasteiger partial charge in [-0.3, -0.25) is 9.69 Å². The van der Waals surface area contributed by atoms with Crippen LogP contribution in [0.1, 0.15) is 12.5 Å². The minimum atomic E-state index is -0.0615. The summed E-state index contributed by atoms with van der Waals surface area (Å²) in [5.74, 6) is 3.80. The molecule has 148 valence electrons. The number of amides is 1. The maximum Gasteiger partial charge on any atom is 0.266 e. The number of carbonyl (C=O) groups is 1. The van der Waals surface area contributed by atoms with E-state index in [4.69, 9.17) is 15.9 Å². The van der Waals surface area contributed by atoms with Crippen molar-refractivity contribution < 1.29 is 14.3 Å². The van der Waals surface area contributed by atoms with Crippen LogP contribution >= 0.6 is 27.7 Å². The number of likely N-dealkylation sites (N-methyl/N-ethyl adjacent to an activating group) is 1. The van der Waals surface area contributed by atoms with E-state index in [-0.39, 0.29) is 12.5 Å². The topological polar surface area (TPSA) is 51.1 Å². The predicted molar refractivity (Wildman–Crippen MR) is 122 cm³/mol. The molecular formula is C22H19BrN2O3S. The molecule has 1 fully saturated rings. The molecular weight excluding hydrogens is 452 g/mol. The molecule has 0 atom stereocenters. The van der Waals surface area contributed by atoms with Gasteiger partial charge < -0.3 is 9.47 Å². The zero-order valence-corrected chi connectivity index (χ0v) is 18.4.